The third kappa shape index (κ3) is 3.43. The van der Waals surface area contributed by atoms with E-state index in [0.717, 1.165) is 30.2 Å². The van der Waals surface area contributed by atoms with Gasteiger partial charge in [-0.3, -0.25) is 5.10 Å². The van der Waals surface area contributed by atoms with Crippen molar-refractivity contribution in [2.45, 2.75) is 44.2 Å². The maximum Gasteiger partial charge on any atom is 0.185 e. The number of ether oxygens (including phenoxy) is 1. The van der Waals surface area contributed by atoms with Crippen LogP contribution in [0.4, 0.5) is 8.78 Å². The number of hydrogen-bond donors (Lipinski definition) is 2. The van der Waals surface area contributed by atoms with E-state index in [1.807, 2.05) is 6.92 Å². The van der Waals surface area contributed by atoms with Crippen molar-refractivity contribution in [3.63, 3.8) is 0 Å². The Morgan fingerprint density at radius 2 is 1.96 bits per heavy atom. The number of nitrogens with two attached hydrogens (primary N) is 1. The molecule has 2 heterocycles. The Morgan fingerprint density at radius 1 is 1.21 bits per heavy atom. The molecule has 9 heteroatoms. The number of rotatable bonds is 4. The number of aromatic amines is 1. The topological polar surface area (TPSA) is 94.6 Å². The lowest BCUT2D eigenvalue weighted by atomic mass is 9.83. The van der Waals surface area contributed by atoms with Crippen molar-refractivity contribution in [1.29, 1.82) is 0 Å². The molecule has 148 valence electrons. The molecule has 7 nitrogen and oxygen atoms in total. The van der Waals surface area contributed by atoms with Crippen LogP contribution < -0.4 is 5.73 Å². The van der Waals surface area contributed by atoms with Crippen molar-refractivity contribution >= 4 is 0 Å². The second kappa shape index (κ2) is 7.40. The van der Waals surface area contributed by atoms with Crippen molar-refractivity contribution in [1.82, 2.24) is 25.0 Å². The molecule has 1 saturated carbocycles. The lowest BCUT2D eigenvalue weighted by molar-refractivity contribution is 0.0459. The van der Waals surface area contributed by atoms with Gasteiger partial charge in [0.1, 0.15) is 17.5 Å². The summed E-state index contributed by atoms with van der Waals surface area (Å²) in [7, 11) is 1.64. The average molecular weight is 388 g/mol. The molecular formula is C19H22F2N6O. The summed E-state index contributed by atoms with van der Waals surface area (Å²) in [6.07, 6.45) is 3.76. The maximum atomic E-state index is 13.8. The Hall–Kier alpha value is -2.65. The van der Waals surface area contributed by atoms with Gasteiger partial charge in [-0.05, 0) is 38.3 Å². The van der Waals surface area contributed by atoms with Gasteiger partial charge in [0.25, 0.3) is 0 Å². The van der Waals surface area contributed by atoms with E-state index in [9.17, 15) is 8.78 Å². The fraction of sp³-hybridized carbons (Fsp3) is 0.421. The molecule has 28 heavy (non-hydrogen) atoms. The Morgan fingerprint density at radius 3 is 2.61 bits per heavy atom. The van der Waals surface area contributed by atoms with Crippen LogP contribution in [0.15, 0.2) is 24.4 Å². The minimum atomic E-state index is -0.669. The number of aryl methyl sites for hydroxylation is 1. The standard InChI is InChI=1S/C19H22F2N6O/c1-10-15(9-23-25-10)18-24-19(11-3-4-16(22)17(5-11)28-2)27(26-18)14-7-12(20)6-13(21)8-14/h6-9,11,16-17H,3-5,22H2,1-2H3,(H,23,25)/t11-,16-,17-/m0/s1. The summed E-state index contributed by atoms with van der Waals surface area (Å²) >= 11 is 0. The third-order valence-corrected chi connectivity index (χ3v) is 5.31. The first-order chi connectivity index (χ1) is 13.5. The number of aromatic nitrogens is 5. The van der Waals surface area contributed by atoms with Crippen LogP contribution in [-0.2, 0) is 4.74 Å². The summed E-state index contributed by atoms with van der Waals surface area (Å²) in [6, 6.07) is 3.28. The lowest BCUT2D eigenvalue weighted by Gasteiger charge is -2.32. The molecule has 3 N–H and O–H groups in total. The van der Waals surface area contributed by atoms with E-state index in [2.05, 4.69) is 15.3 Å². The zero-order valence-electron chi connectivity index (χ0n) is 15.7. The van der Waals surface area contributed by atoms with Crippen LogP contribution in [0.3, 0.4) is 0 Å². The van der Waals surface area contributed by atoms with Gasteiger partial charge >= 0.3 is 0 Å². The first-order valence-corrected chi connectivity index (χ1v) is 9.18. The van der Waals surface area contributed by atoms with Crippen LogP contribution in [0.25, 0.3) is 17.1 Å². The average Bonchev–Trinajstić information content (AvgIpc) is 3.27. The summed E-state index contributed by atoms with van der Waals surface area (Å²) in [6.45, 7) is 1.87. The number of nitrogens with zero attached hydrogens (tertiary/aromatic N) is 4. The molecule has 1 aliphatic carbocycles. The minimum absolute atomic E-state index is 0.00420. The molecule has 0 unspecified atom stereocenters. The van der Waals surface area contributed by atoms with Crippen LogP contribution in [0.5, 0.6) is 0 Å². The van der Waals surface area contributed by atoms with Gasteiger partial charge in [-0.25, -0.2) is 18.4 Å². The number of nitrogens with one attached hydrogen (secondary N) is 1. The summed E-state index contributed by atoms with van der Waals surface area (Å²) < 4.78 is 34.7. The highest BCUT2D eigenvalue weighted by molar-refractivity contribution is 5.57. The van der Waals surface area contributed by atoms with Gasteiger partial charge < -0.3 is 10.5 Å². The first-order valence-electron chi connectivity index (χ1n) is 9.18. The number of H-pyrrole nitrogens is 1. The van der Waals surface area contributed by atoms with Gasteiger partial charge in [-0.2, -0.15) is 5.10 Å². The van der Waals surface area contributed by atoms with Crippen molar-refractivity contribution < 1.29 is 13.5 Å². The zero-order valence-corrected chi connectivity index (χ0v) is 15.7. The number of benzene rings is 1. The number of hydrogen-bond acceptors (Lipinski definition) is 5. The van der Waals surface area contributed by atoms with Crippen LogP contribution in [-0.4, -0.2) is 44.2 Å². The molecule has 0 radical (unpaired) electrons. The minimum Gasteiger partial charge on any atom is -0.380 e. The molecule has 3 atom stereocenters. The van der Waals surface area contributed by atoms with Gasteiger partial charge in [0.15, 0.2) is 5.82 Å². The third-order valence-electron chi connectivity index (χ3n) is 5.31. The summed E-state index contributed by atoms with van der Waals surface area (Å²) in [5.74, 6) is -0.246. The van der Waals surface area contributed by atoms with Crippen LogP contribution in [0, 0.1) is 18.6 Å². The van der Waals surface area contributed by atoms with E-state index < -0.39 is 11.6 Å². The largest absolute Gasteiger partial charge is 0.380 e. The second-order valence-corrected chi connectivity index (χ2v) is 7.19. The van der Waals surface area contributed by atoms with Gasteiger partial charge in [-0.15, -0.1) is 5.10 Å². The normalized spacial score (nSPS) is 22.5. The van der Waals surface area contributed by atoms with Crippen LogP contribution >= 0.6 is 0 Å². The Bertz CT molecular complexity index is 964. The smallest absolute Gasteiger partial charge is 0.185 e. The van der Waals surface area contributed by atoms with E-state index in [0.29, 0.717) is 18.1 Å². The summed E-state index contributed by atoms with van der Waals surface area (Å²) in [5, 5.41) is 11.4. The van der Waals surface area contributed by atoms with Crippen molar-refractivity contribution in [3.8, 4) is 17.1 Å². The van der Waals surface area contributed by atoms with Gasteiger partial charge in [0.05, 0.1) is 23.6 Å². The molecule has 1 aliphatic rings. The molecule has 0 bridgehead atoms. The molecule has 1 fully saturated rings. The monoisotopic (exact) mass is 388 g/mol. The molecule has 0 aliphatic heterocycles. The fourth-order valence-electron chi connectivity index (χ4n) is 3.79. The number of halogens is 2. The highest BCUT2D eigenvalue weighted by atomic mass is 19.1. The Labute approximate surface area is 160 Å². The SMILES string of the molecule is CO[C@H]1C[C@@H](c2nc(-c3cn[nH]c3C)nn2-c2cc(F)cc(F)c2)CC[C@@H]1N. The van der Waals surface area contributed by atoms with Gasteiger partial charge in [0.2, 0.25) is 0 Å². The number of methoxy groups -OCH3 is 1. The van der Waals surface area contributed by atoms with E-state index in [1.54, 1.807) is 13.3 Å². The first kappa shape index (κ1) is 18.7. The predicted molar refractivity (Wildman–Crippen MR) is 99.0 cm³/mol. The van der Waals surface area contributed by atoms with E-state index >= 15 is 0 Å². The van der Waals surface area contributed by atoms with Crippen molar-refractivity contribution in [3.05, 3.63) is 47.5 Å². The molecule has 2 aromatic heterocycles. The van der Waals surface area contributed by atoms with E-state index in [1.165, 1.54) is 16.8 Å². The van der Waals surface area contributed by atoms with Crippen molar-refractivity contribution in [2.75, 3.05) is 7.11 Å². The fourth-order valence-corrected chi connectivity index (χ4v) is 3.79. The summed E-state index contributed by atoms with van der Waals surface area (Å²) in [4.78, 5) is 4.72. The van der Waals surface area contributed by atoms with Crippen LogP contribution in [0.1, 0.15) is 36.7 Å². The van der Waals surface area contributed by atoms with E-state index in [-0.39, 0.29) is 23.8 Å². The quantitative estimate of drug-likeness (QED) is 0.717. The van der Waals surface area contributed by atoms with Gasteiger partial charge in [0, 0.05) is 30.8 Å². The Balaban J connectivity index is 1.81. The molecule has 0 amide bonds. The molecule has 3 aromatic rings. The van der Waals surface area contributed by atoms with Crippen molar-refractivity contribution in [2.24, 2.45) is 5.73 Å². The molecule has 1 aromatic carbocycles. The predicted octanol–water partition coefficient (Wildman–Crippen LogP) is 2.85. The zero-order chi connectivity index (χ0) is 19.8. The maximum absolute atomic E-state index is 13.8. The van der Waals surface area contributed by atoms with E-state index in [4.69, 9.17) is 15.5 Å². The molecule has 4 rings (SSSR count). The molecule has 0 saturated heterocycles. The van der Waals surface area contributed by atoms with Crippen LogP contribution in [0.2, 0.25) is 0 Å². The van der Waals surface area contributed by atoms with Gasteiger partial charge in [-0.1, -0.05) is 0 Å². The second-order valence-electron chi connectivity index (χ2n) is 7.19. The Kier molecular flexibility index (Phi) is 4.94. The highest BCUT2D eigenvalue weighted by Gasteiger charge is 2.33. The highest BCUT2D eigenvalue weighted by Crippen LogP contribution is 2.35. The summed E-state index contributed by atoms with van der Waals surface area (Å²) in [5.41, 5.74) is 7.99. The molecule has 0 spiro atoms. The molecular weight excluding hydrogens is 366 g/mol. The lowest BCUT2D eigenvalue weighted by Crippen LogP contribution is -2.41.